The third-order valence-corrected chi connectivity index (χ3v) is 13.0. The van der Waals surface area contributed by atoms with Gasteiger partial charge in [-0.25, -0.2) is 4.79 Å². The van der Waals surface area contributed by atoms with Crippen molar-refractivity contribution in [1.82, 2.24) is 0 Å². The van der Waals surface area contributed by atoms with E-state index in [0.29, 0.717) is 0 Å². The number of carbonyl (C=O) groups excluding carboxylic acids is 3. The molecule has 4 aromatic rings. The molecule has 0 heterocycles. The summed E-state index contributed by atoms with van der Waals surface area (Å²) in [6, 6.07) is 11.1. The Labute approximate surface area is 363 Å². The number of amides is 2. The zero-order valence-electron chi connectivity index (χ0n) is 33.1. The average molecular weight is 961 g/mol. The summed E-state index contributed by atoms with van der Waals surface area (Å²) in [6.45, 7) is 2.65. The molecule has 64 heavy (non-hydrogen) atoms. The van der Waals surface area contributed by atoms with Crippen LogP contribution in [0.25, 0.3) is 12.2 Å². The van der Waals surface area contributed by atoms with Crippen LogP contribution in [0.15, 0.2) is 90.5 Å². The van der Waals surface area contributed by atoms with Crippen molar-refractivity contribution in [1.29, 1.82) is 0 Å². The summed E-state index contributed by atoms with van der Waals surface area (Å²) in [6.07, 6.45) is 1.82. The first-order valence-corrected chi connectivity index (χ1v) is 23.3. The molecule has 8 N–H and O–H groups in total. The molecule has 2 aliphatic carbocycles. The highest BCUT2D eigenvalue weighted by atomic mass is 32.2. The Kier molecular flexibility index (Phi) is 12.4. The number of fused-ring (bicyclic) bond motifs is 2. The number of hydrogen-bond donors (Lipinski definition) is 8. The van der Waals surface area contributed by atoms with Crippen molar-refractivity contribution in [3.63, 3.8) is 0 Å². The molecular weight excluding hydrogens is 929 g/mol. The van der Waals surface area contributed by atoms with Gasteiger partial charge in [-0.1, -0.05) is 0 Å². The summed E-state index contributed by atoms with van der Waals surface area (Å²) in [5, 5.41) is 12.6. The molecule has 0 bridgehead atoms. The number of nitrogens with zero attached hydrogens (tertiary/aromatic N) is 2. The van der Waals surface area contributed by atoms with Crippen molar-refractivity contribution in [2.24, 2.45) is 10.2 Å². The molecule has 0 radical (unpaired) electrons. The first kappa shape index (κ1) is 46.6. The van der Waals surface area contributed by atoms with Crippen molar-refractivity contribution >= 4 is 104 Å². The largest absolute Gasteiger partial charge is 0.495 e. The van der Waals surface area contributed by atoms with Gasteiger partial charge in [-0.15, -0.1) is 0 Å². The van der Waals surface area contributed by atoms with Crippen molar-refractivity contribution < 1.29 is 75.7 Å². The van der Waals surface area contributed by atoms with Crippen molar-refractivity contribution in [3.8, 4) is 11.5 Å². The van der Waals surface area contributed by atoms with Crippen molar-refractivity contribution in [2.75, 3.05) is 35.7 Å². The molecule has 2 amide bonds. The molecule has 0 saturated heterocycles. The molecular formula is C37H32N6O17S4. The number of methoxy groups -OCH3 is 2. The SMILES string of the molecule is COc1cc(N/N=C2/C(=O)c3ccc(NC(=O)Nc4ccc5c(c4)C=C(S(=O)(=O)O)/C(=N\Nc4cc(C)c(S(=O)(=O)O)c(OC)c4)C5=O)cc3C=C2S(=O)(=O)O)cc(C)c1S(=O)(=O)O. The lowest BCUT2D eigenvalue weighted by Gasteiger charge is -2.18. The summed E-state index contributed by atoms with van der Waals surface area (Å²) in [7, 11) is -17.4. The molecule has 6 rings (SSSR count). The fourth-order valence-electron chi connectivity index (χ4n) is 6.55. The lowest BCUT2D eigenvalue weighted by molar-refractivity contribution is 0.105. The van der Waals surface area contributed by atoms with E-state index in [4.69, 9.17) is 9.47 Å². The van der Waals surface area contributed by atoms with Gasteiger partial charge in [0.2, 0.25) is 11.6 Å². The van der Waals surface area contributed by atoms with Crippen LogP contribution in [0.3, 0.4) is 0 Å². The van der Waals surface area contributed by atoms with Crippen LogP contribution in [0, 0.1) is 13.8 Å². The molecule has 27 heteroatoms. The quantitative estimate of drug-likeness (QED) is 0.0727. The van der Waals surface area contributed by atoms with E-state index in [9.17, 15) is 66.3 Å². The summed E-state index contributed by atoms with van der Waals surface area (Å²) >= 11 is 0. The predicted molar refractivity (Wildman–Crippen MR) is 230 cm³/mol. The van der Waals surface area contributed by atoms with E-state index < -0.39 is 89.1 Å². The molecule has 0 saturated carbocycles. The molecule has 0 unspecified atom stereocenters. The number of hydrogen-bond acceptors (Lipinski definition) is 17. The predicted octanol–water partition coefficient (Wildman–Crippen LogP) is 4.24. The number of nitrogens with one attached hydrogen (secondary N) is 4. The topological polar surface area (TPSA) is 360 Å². The molecule has 4 aromatic carbocycles. The number of ether oxygens (including phenoxy) is 2. The third kappa shape index (κ3) is 9.70. The van der Waals surface area contributed by atoms with Crippen LogP contribution in [-0.2, 0) is 40.5 Å². The van der Waals surface area contributed by atoms with Crippen LogP contribution in [0.1, 0.15) is 43.0 Å². The standard InChI is InChI=1S/C37H32N6O17S4/c1-17-9-23(15-27(59-3)35(17)63(53,54)55)40-42-31-29(61(47,48)49)13-19-11-21(5-7-25(19)33(31)44)38-37(46)39-22-6-8-26-20(12-22)14-30(62(50,51)52)32(34(26)45)43-41-24-10-18(2)36(64(56,57)58)28(16-24)60-4/h5-16,40-41H,1-4H3,(H2,38,39,46)(H,47,48,49)(H,50,51,52)(H,53,54,55)(H,56,57,58)/b42-31+,43-32+. The van der Waals surface area contributed by atoms with E-state index in [1.807, 2.05) is 0 Å². The Hall–Kier alpha value is -6.85. The first-order valence-electron chi connectivity index (χ1n) is 17.6. The van der Waals surface area contributed by atoms with Crippen LogP contribution in [0.4, 0.5) is 27.5 Å². The lowest BCUT2D eigenvalue weighted by atomic mass is 9.94. The Bertz CT molecular complexity index is 3110. The molecule has 0 atom stereocenters. The number of rotatable bonds is 12. The van der Waals surface area contributed by atoms with Crippen LogP contribution in [0.5, 0.6) is 11.5 Å². The number of urea groups is 1. The molecule has 23 nitrogen and oxygen atoms in total. The average Bonchev–Trinajstić information content (AvgIpc) is 3.17. The second-order valence-corrected chi connectivity index (χ2v) is 19.0. The fraction of sp³-hybridized carbons (Fsp3) is 0.108. The van der Waals surface area contributed by atoms with Gasteiger partial charge in [0.15, 0.2) is 11.4 Å². The Morgan fingerprint density at radius 1 is 0.531 bits per heavy atom. The van der Waals surface area contributed by atoms with E-state index >= 15 is 0 Å². The normalized spacial score (nSPS) is 15.4. The minimum Gasteiger partial charge on any atom is -0.495 e. The van der Waals surface area contributed by atoms with Crippen LogP contribution in [-0.4, -0.2) is 95.1 Å². The highest BCUT2D eigenvalue weighted by Crippen LogP contribution is 2.34. The number of aryl methyl sites for hydroxylation is 2. The number of benzene rings is 4. The van der Waals surface area contributed by atoms with Gasteiger partial charge in [0.25, 0.3) is 40.5 Å². The number of Topliss-reactive ketones (excluding diaryl/α,β-unsaturated/α-hetero) is 2. The van der Waals surface area contributed by atoms with Gasteiger partial charge < -0.3 is 20.1 Å². The van der Waals surface area contributed by atoms with Gasteiger partial charge in [0, 0.05) is 34.6 Å². The van der Waals surface area contributed by atoms with Gasteiger partial charge in [-0.3, -0.25) is 38.7 Å². The number of ketones is 2. The minimum atomic E-state index is -5.12. The fourth-order valence-corrected chi connectivity index (χ4v) is 9.59. The first-order chi connectivity index (χ1) is 29.7. The minimum absolute atomic E-state index is 0.00271. The van der Waals surface area contributed by atoms with E-state index in [2.05, 4.69) is 31.7 Å². The zero-order chi connectivity index (χ0) is 47.3. The molecule has 0 spiro atoms. The maximum atomic E-state index is 13.5. The monoisotopic (exact) mass is 960 g/mol. The summed E-state index contributed by atoms with van der Waals surface area (Å²) in [5.41, 5.74) is 2.96. The summed E-state index contributed by atoms with van der Waals surface area (Å²) < 4.78 is 146. The summed E-state index contributed by atoms with van der Waals surface area (Å²) in [5.74, 6) is -2.57. The van der Waals surface area contributed by atoms with Crippen molar-refractivity contribution in [3.05, 3.63) is 104 Å². The molecule has 0 aliphatic heterocycles. The van der Waals surface area contributed by atoms with E-state index in [1.165, 1.54) is 62.4 Å². The molecule has 0 fully saturated rings. The van der Waals surface area contributed by atoms with Crippen LogP contribution < -0.4 is 31.0 Å². The van der Waals surface area contributed by atoms with E-state index in [0.717, 1.165) is 38.5 Å². The van der Waals surface area contributed by atoms with Gasteiger partial charge in [-0.2, -0.15) is 43.9 Å². The summed E-state index contributed by atoms with van der Waals surface area (Å²) in [4.78, 5) is 37.2. The molecule has 336 valence electrons. The number of hydrazone groups is 2. The van der Waals surface area contributed by atoms with Gasteiger partial charge in [-0.05, 0) is 96.8 Å². The van der Waals surface area contributed by atoms with Crippen LogP contribution >= 0.6 is 0 Å². The maximum absolute atomic E-state index is 13.5. The van der Waals surface area contributed by atoms with Crippen LogP contribution in [0.2, 0.25) is 0 Å². The van der Waals surface area contributed by atoms with E-state index in [-0.39, 0.29) is 67.6 Å². The number of anilines is 4. The van der Waals surface area contributed by atoms with E-state index in [1.54, 1.807) is 0 Å². The Morgan fingerprint density at radius 3 is 1.20 bits per heavy atom. The second kappa shape index (κ2) is 17.0. The second-order valence-electron chi connectivity index (χ2n) is 13.6. The van der Waals surface area contributed by atoms with Crippen molar-refractivity contribution in [2.45, 2.75) is 23.6 Å². The zero-order valence-corrected chi connectivity index (χ0v) is 36.3. The lowest BCUT2D eigenvalue weighted by Crippen LogP contribution is -2.27. The third-order valence-electron chi connectivity index (χ3n) is 9.16. The number of allylic oxidation sites excluding steroid dienone is 2. The highest BCUT2D eigenvalue weighted by Gasteiger charge is 2.35. The Balaban J connectivity index is 1.23. The van der Waals surface area contributed by atoms with Gasteiger partial charge in [0.05, 0.1) is 25.6 Å². The van der Waals surface area contributed by atoms with Gasteiger partial charge in [0.1, 0.15) is 31.1 Å². The maximum Gasteiger partial charge on any atom is 0.323 e. The molecule has 2 aliphatic rings. The number of carbonyl (C=O) groups is 3. The smallest absolute Gasteiger partial charge is 0.323 e. The van der Waals surface area contributed by atoms with Gasteiger partial charge >= 0.3 is 6.03 Å². The Morgan fingerprint density at radius 2 is 0.891 bits per heavy atom. The highest BCUT2D eigenvalue weighted by molar-refractivity contribution is 7.91. The molecule has 0 aromatic heterocycles.